The third-order valence-electron chi connectivity index (χ3n) is 13.1. The molecule has 0 spiro atoms. The molecule has 1 aliphatic rings. The van der Waals surface area contributed by atoms with Crippen LogP contribution in [0.1, 0.15) is 121 Å². The second-order valence-corrected chi connectivity index (χ2v) is 21.8. The molecule has 0 amide bonds. The van der Waals surface area contributed by atoms with Gasteiger partial charge in [-0.15, -0.1) is 40.9 Å². The first-order valence-corrected chi connectivity index (χ1v) is 29.9. The fourth-order valence-electron chi connectivity index (χ4n) is 9.17. The van der Waals surface area contributed by atoms with Crippen LogP contribution in [-0.4, -0.2) is 10.5 Å². The van der Waals surface area contributed by atoms with E-state index in [9.17, 15) is 0 Å². The lowest BCUT2D eigenvalue weighted by Gasteiger charge is -2.24. The maximum absolute atomic E-state index is 6.15. The number of thiophene rings is 2. The van der Waals surface area contributed by atoms with E-state index in [1.54, 1.807) is 11.3 Å². The summed E-state index contributed by atoms with van der Waals surface area (Å²) in [6, 6.07) is 41.7. The summed E-state index contributed by atoms with van der Waals surface area (Å²) >= 11 is 5.54. The summed E-state index contributed by atoms with van der Waals surface area (Å²) < 4.78 is 2.72. The Hall–Kier alpha value is -6.67. The van der Waals surface area contributed by atoms with Gasteiger partial charge in [-0.3, -0.25) is 0 Å². The fourth-order valence-corrected chi connectivity index (χ4v) is 12.3. The van der Waals surface area contributed by atoms with Gasteiger partial charge in [-0.1, -0.05) is 237 Å². The van der Waals surface area contributed by atoms with Crippen LogP contribution in [0.2, 0.25) is 0 Å². The Morgan fingerprint density at radius 1 is 0.855 bits per heavy atom. The van der Waals surface area contributed by atoms with Crippen molar-refractivity contribution in [3.05, 3.63) is 256 Å². The van der Waals surface area contributed by atoms with Crippen molar-refractivity contribution in [3.63, 3.8) is 0 Å². The minimum Gasteiger partial charge on any atom is -0.149 e. The number of benzene rings is 5. The van der Waals surface area contributed by atoms with Gasteiger partial charge >= 0.3 is 0 Å². The number of aryl methyl sites for hydroxylation is 1. The molecule has 3 heteroatoms. The zero-order valence-corrected chi connectivity index (χ0v) is 49.4. The van der Waals surface area contributed by atoms with E-state index in [0.29, 0.717) is 5.25 Å². The van der Waals surface area contributed by atoms with E-state index in [2.05, 4.69) is 254 Å². The lowest BCUT2D eigenvalue weighted by molar-refractivity contribution is 0.794. The molecule has 5 aromatic carbocycles. The zero-order chi connectivity index (χ0) is 54.8. The van der Waals surface area contributed by atoms with Crippen molar-refractivity contribution in [3.8, 4) is 12.3 Å². The molecule has 2 heterocycles. The summed E-state index contributed by atoms with van der Waals surface area (Å²) in [7, 11) is 0. The van der Waals surface area contributed by atoms with Crippen LogP contribution >= 0.6 is 34.4 Å². The summed E-state index contributed by atoms with van der Waals surface area (Å²) in [5.74, 6) is 3.27. The van der Waals surface area contributed by atoms with Crippen molar-refractivity contribution in [2.45, 2.75) is 105 Å². The Bertz CT molecular complexity index is 3330. The van der Waals surface area contributed by atoms with Crippen LogP contribution in [0.4, 0.5) is 0 Å². The molecule has 3 atom stereocenters. The normalized spacial score (nSPS) is 15.0. The lowest BCUT2D eigenvalue weighted by atomic mass is 9.80. The highest BCUT2D eigenvalue weighted by atomic mass is 32.2. The molecule has 2 aromatic heterocycles. The summed E-state index contributed by atoms with van der Waals surface area (Å²) in [6.45, 7) is 29.0. The van der Waals surface area contributed by atoms with Gasteiger partial charge in [0.05, 0.1) is 5.25 Å². The summed E-state index contributed by atoms with van der Waals surface area (Å²) in [4.78, 5) is 1.31. The molecule has 76 heavy (non-hydrogen) atoms. The van der Waals surface area contributed by atoms with Gasteiger partial charge in [0, 0.05) is 36.2 Å². The Morgan fingerprint density at radius 3 is 2.28 bits per heavy atom. The van der Waals surface area contributed by atoms with Crippen LogP contribution in [-0.2, 0) is 0 Å². The summed E-state index contributed by atoms with van der Waals surface area (Å²) in [6.07, 6.45) is 41.0. The maximum Gasteiger partial charge on any atom is 0.0908 e. The first-order chi connectivity index (χ1) is 37.2. The zero-order valence-electron chi connectivity index (χ0n) is 46.9. The minimum absolute atomic E-state index is 0.0256. The monoisotopic (exact) mass is 1050 g/mol. The van der Waals surface area contributed by atoms with Crippen molar-refractivity contribution in [1.82, 2.24) is 0 Å². The molecule has 0 N–H and O–H groups in total. The Balaban J connectivity index is 0.000000401. The number of hydrogen-bond donors (Lipinski definition) is 0. The number of fused-ring (bicyclic) bond motifs is 4. The first kappa shape index (κ1) is 60.2. The van der Waals surface area contributed by atoms with Crippen molar-refractivity contribution in [1.29, 1.82) is 0 Å². The molecule has 390 valence electrons. The van der Waals surface area contributed by atoms with E-state index in [1.807, 2.05) is 62.9 Å². The fraction of sp³-hybridized carbons (Fsp3) is 0.233. The van der Waals surface area contributed by atoms with Gasteiger partial charge in [-0.05, 0) is 155 Å². The van der Waals surface area contributed by atoms with Crippen molar-refractivity contribution >= 4 is 94.3 Å². The predicted molar refractivity (Wildman–Crippen MR) is 352 cm³/mol. The largest absolute Gasteiger partial charge is 0.149 e. The van der Waals surface area contributed by atoms with Crippen LogP contribution < -0.4 is 0 Å². The third-order valence-corrected chi connectivity index (χ3v) is 16.5. The van der Waals surface area contributed by atoms with Gasteiger partial charge < -0.3 is 0 Å². The Labute approximate surface area is 470 Å². The molecule has 3 unspecified atom stereocenters. The summed E-state index contributed by atoms with van der Waals surface area (Å²) in [5.41, 5.74) is 13.6. The highest BCUT2D eigenvalue weighted by Gasteiger charge is 2.21. The highest BCUT2D eigenvalue weighted by Crippen LogP contribution is 2.40. The third kappa shape index (κ3) is 16.4. The molecule has 7 aromatic rings. The molecule has 0 nitrogen and oxygen atoms in total. The number of hydrogen-bond acceptors (Lipinski definition) is 3. The molecule has 1 aliphatic carbocycles. The van der Waals surface area contributed by atoms with Crippen LogP contribution in [0, 0.1) is 25.2 Å². The SMILES string of the molecule is C#CC(SC(C)CC/C=C\C)/C(=C\CC)c1ccc(\C=C/C(=C\C=C\C)C2C=C(/C(C=C)=C/c3ccsc3C)C=C(c3ccc4ccccc4c3)C2)cc1.C=C/C=C(\C)c1cccc2c1sc1ccccc12.CC.CC. The number of thioether (sulfide) groups is 1. The average Bonchev–Trinajstić information content (AvgIpc) is 4.08. The van der Waals surface area contributed by atoms with E-state index >= 15 is 0 Å². The Morgan fingerprint density at radius 2 is 1.59 bits per heavy atom. The molecular formula is C73H80S3. The van der Waals surface area contributed by atoms with Crippen LogP contribution in [0.5, 0.6) is 0 Å². The predicted octanol–water partition coefficient (Wildman–Crippen LogP) is 23.0. The van der Waals surface area contributed by atoms with Gasteiger partial charge in [0.25, 0.3) is 0 Å². The first-order valence-electron chi connectivity index (χ1n) is 27.2. The summed E-state index contributed by atoms with van der Waals surface area (Å²) in [5, 5.41) is 7.89. The molecule has 0 saturated heterocycles. The molecule has 8 rings (SSSR count). The maximum atomic E-state index is 6.15. The lowest BCUT2D eigenvalue weighted by Crippen LogP contribution is -2.09. The van der Waals surface area contributed by atoms with Gasteiger partial charge in [0.15, 0.2) is 0 Å². The number of rotatable bonds is 18. The number of allylic oxidation sites excluding steroid dienone is 17. The van der Waals surface area contributed by atoms with Crippen molar-refractivity contribution < 1.29 is 0 Å². The molecule has 0 saturated carbocycles. The average molecular weight is 1050 g/mol. The van der Waals surface area contributed by atoms with Crippen LogP contribution in [0.15, 0.2) is 223 Å². The second-order valence-electron chi connectivity index (χ2n) is 18.1. The molecular weight excluding hydrogens is 973 g/mol. The second kappa shape index (κ2) is 32.0. The minimum atomic E-state index is 0.0256. The van der Waals surface area contributed by atoms with E-state index in [4.69, 9.17) is 6.42 Å². The van der Waals surface area contributed by atoms with Crippen molar-refractivity contribution in [2.75, 3.05) is 0 Å². The van der Waals surface area contributed by atoms with Crippen LogP contribution in [0.3, 0.4) is 0 Å². The standard InChI is InChI=1S/C52H54S2.C17H14S.2C2H6/c1-8-13-15-19-38(6)54-52(12-5)51(18-10-3)44-27-24-40(25-28-44)23-26-43(20-14-9-2)49-35-48(41(11-4)33-45-31-32-53-39(45)7)36-50(37-49)47-30-29-42-21-16-17-22-46(42)34-47;1-3-7-12(2)13-9-6-10-15-14-8-4-5-11-16(14)18-17(13)15;2*1-2/h5,8-9,11,13-14,16-18,20-36,38,49,52H,4,10,15,19,37H2,1-3,6-7H3;3-11H,1H2,2H3;2*1-2H3/b13-8-,14-9+,26-23-,41-33+,43-20+,51-18-;12-7+;;. The molecule has 0 bridgehead atoms. The topological polar surface area (TPSA) is 0 Å². The number of terminal acetylenes is 1. The van der Waals surface area contributed by atoms with Gasteiger partial charge in [0.1, 0.15) is 0 Å². The van der Waals surface area contributed by atoms with Gasteiger partial charge in [-0.2, -0.15) is 0 Å². The smallest absolute Gasteiger partial charge is 0.0908 e. The van der Waals surface area contributed by atoms with Gasteiger partial charge in [-0.25, -0.2) is 0 Å². The van der Waals surface area contributed by atoms with Crippen molar-refractivity contribution in [2.24, 2.45) is 5.92 Å². The Kier molecular flexibility index (Phi) is 25.4. The highest BCUT2D eigenvalue weighted by molar-refractivity contribution is 8.01. The van der Waals surface area contributed by atoms with E-state index in [0.717, 1.165) is 36.8 Å². The van der Waals surface area contributed by atoms with E-state index < -0.39 is 0 Å². The quantitative estimate of drug-likeness (QED) is 0.0469. The molecule has 0 radical (unpaired) electrons. The van der Waals surface area contributed by atoms with Gasteiger partial charge in [0.2, 0.25) is 0 Å². The van der Waals surface area contributed by atoms with E-state index in [1.165, 1.54) is 85.9 Å². The molecule has 0 aliphatic heterocycles. The van der Waals surface area contributed by atoms with E-state index in [-0.39, 0.29) is 11.2 Å². The molecule has 0 fully saturated rings. The van der Waals surface area contributed by atoms with Crippen LogP contribution in [0.25, 0.3) is 59.8 Å².